The summed E-state index contributed by atoms with van der Waals surface area (Å²) in [5, 5.41) is 7.13. The zero-order chi connectivity index (χ0) is 19.6. The Labute approximate surface area is 168 Å². The lowest BCUT2D eigenvalue weighted by Crippen LogP contribution is -2.29. The van der Waals surface area contributed by atoms with Crippen LogP contribution in [-0.4, -0.2) is 17.8 Å². The molecule has 2 heterocycles. The molecule has 1 atom stereocenters. The number of thioether (sulfide) groups is 1. The lowest BCUT2D eigenvalue weighted by Gasteiger charge is -2.24. The molecule has 0 spiro atoms. The van der Waals surface area contributed by atoms with E-state index in [-0.39, 0.29) is 11.2 Å². The third kappa shape index (κ3) is 4.22. The van der Waals surface area contributed by atoms with Crippen LogP contribution in [0.4, 0.5) is 10.7 Å². The Bertz CT molecular complexity index is 902. The van der Waals surface area contributed by atoms with E-state index in [1.54, 1.807) is 23.1 Å². The van der Waals surface area contributed by atoms with E-state index in [2.05, 4.69) is 37.6 Å². The zero-order valence-electron chi connectivity index (χ0n) is 15.8. The molecule has 1 aliphatic rings. The van der Waals surface area contributed by atoms with Crippen LogP contribution in [0.15, 0.2) is 48.0 Å². The molecule has 2 aromatic rings. The number of rotatable bonds is 7. The number of amides is 1. The highest BCUT2D eigenvalue weighted by atomic mass is 32.2. The molecule has 1 aromatic heterocycles. The van der Waals surface area contributed by atoms with Crippen LogP contribution in [0.5, 0.6) is 0 Å². The van der Waals surface area contributed by atoms with Gasteiger partial charge in [-0.2, -0.15) is 0 Å². The van der Waals surface area contributed by atoms with Gasteiger partial charge in [-0.1, -0.05) is 25.3 Å². The summed E-state index contributed by atoms with van der Waals surface area (Å²) in [6.45, 7) is 14.9. The van der Waals surface area contributed by atoms with Crippen LogP contribution in [-0.2, 0) is 9.53 Å². The fourth-order valence-corrected chi connectivity index (χ4v) is 5.25. The number of carbonyl (C=O) groups is 1. The van der Waals surface area contributed by atoms with Crippen molar-refractivity contribution in [2.75, 3.05) is 17.2 Å². The van der Waals surface area contributed by atoms with Gasteiger partial charge in [-0.3, -0.25) is 4.79 Å². The topological polar surface area (TPSA) is 50.4 Å². The SMILES string of the molecule is C=C(CC1Sc2ccccc2NC1=O)Nc1sc(C)c(C)c1C(=C)OCC. The third-order valence-electron chi connectivity index (χ3n) is 4.41. The standard InChI is InChI=1S/C21H24N2O2S2/c1-6-25-14(4)19-13(3)15(5)26-21(19)22-12(2)11-18-20(24)23-16-9-7-8-10-17(16)27-18/h7-10,18,22H,2,4,6,11H2,1,3,5H3,(H,23,24). The summed E-state index contributed by atoms with van der Waals surface area (Å²) in [5.74, 6) is 0.674. The van der Waals surface area contributed by atoms with E-state index in [1.165, 1.54) is 4.88 Å². The number of carbonyl (C=O) groups excluding carboxylic acids is 1. The number of fused-ring (bicyclic) bond motifs is 1. The molecule has 0 aliphatic carbocycles. The number of thiophene rings is 1. The molecular formula is C21H24N2O2S2. The first-order valence-corrected chi connectivity index (χ1v) is 10.5. The predicted octanol–water partition coefficient (Wildman–Crippen LogP) is 5.80. The molecule has 4 nitrogen and oxygen atoms in total. The molecule has 2 N–H and O–H groups in total. The third-order valence-corrected chi connectivity index (χ3v) is 6.81. The van der Waals surface area contributed by atoms with Gasteiger partial charge in [0.15, 0.2) is 0 Å². The first-order valence-electron chi connectivity index (χ1n) is 8.84. The minimum Gasteiger partial charge on any atom is -0.494 e. The highest BCUT2D eigenvalue weighted by Gasteiger charge is 2.27. The van der Waals surface area contributed by atoms with Gasteiger partial charge in [0, 0.05) is 21.9 Å². The molecule has 0 radical (unpaired) electrons. The molecule has 142 valence electrons. The average molecular weight is 401 g/mol. The maximum atomic E-state index is 12.4. The Morgan fingerprint density at radius 2 is 2.04 bits per heavy atom. The number of ether oxygens (including phenoxy) is 1. The van der Waals surface area contributed by atoms with Crippen molar-refractivity contribution in [3.05, 3.63) is 59.1 Å². The van der Waals surface area contributed by atoms with E-state index in [0.717, 1.165) is 32.4 Å². The maximum absolute atomic E-state index is 12.4. The number of allylic oxidation sites excluding steroid dienone is 1. The van der Waals surface area contributed by atoms with Crippen LogP contribution in [0.25, 0.3) is 5.76 Å². The summed E-state index contributed by atoms with van der Waals surface area (Å²) < 4.78 is 5.62. The van der Waals surface area contributed by atoms with Gasteiger partial charge in [0.05, 0.1) is 23.1 Å². The van der Waals surface area contributed by atoms with Crippen molar-refractivity contribution in [2.45, 2.75) is 37.3 Å². The van der Waals surface area contributed by atoms with Crippen molar-refractivity contribution in [3.63, 3.8) is 0 Å². The molecule has 1 unspecified atom stereocenters. The lowest BCUT2D eigenvalue weighted by molar-refractivity contribution is -0.115. The first kappa shape index (κ1) is 19.6. The van der Waals surface area contributed by atoms with Crippen molar-refractivity contribution in [3.8, 4) is 0 Å². The summed E-state index contributed by atoms with van der Waals surface area (Å²) in [6, 6.07) is 7.86. The second-order valence-corrected chi connectivity index (χ2v) is 8.84. The molecular weight excluding hydrogens is 376 g/mol. The number of benzene rings is 1. The number of hydrogen-bond acceptors (Lipinski definition) is 5. The van der Waals surface area contributed by atoms with Gasteiger partial charge in [-0.05, 0) is 38.5 Å². The largest absolute Gasteiger partial charge is 0.494 e. The van der Waals surface area contributed by atoms with Crippen molar-refractivity contribution < 1.29 is 9.53 Å². The normalized spacial score (nSPS) is 15.7. The molecule has 0 saturated carbocycles. The zero-order valence-corrected chi connectivity index (χ0v) is 17.5. The molecule has 1 aromatic carbocycles. The van der Waals surface area contributed by atoms with Crippen LogP contribution in [0.3, 0.4) is 0 Å². The van der Waals surface area contributed by atoms with Crippen LogP contribution in [0, 0.1) is 13.8 Å². The first-order chi connectivity index (χ1) is 12.9. The van der Waals surface area contributed by atoms with Crippen LogP contribution in [0.1, 0.15) is 29.3 Å². The average Bonchev–Trinajstić information content (AvgIpc) is 2.89. The van der Waals surface area contributed by atoms with Gasteiger partial charge < -0.3 is 15.4 Å². The Morgan fingerprint density at radius 1 is 1.30 bits per heavy atom. The highest BCUT2D eigenvalue weighted by Crippen LogP contribution is 2.40. The quantitative estimate of drug-likeness (QED) is 0.577. The summed E-state index contributed by atoms with van der Waals surface area (Å²) in [6.07, 6.45) is 0.543. The Morgan fingerprint density at radius 3 is 2.78 bits per heavy atom. The summed E-state index contributed by atoms with van der Waals surface area (Å²) in [7, 11) is 0. The van der Waals surface area contributed by atoms with E-state index >= 15 is 0 Å². The van der Waals surface area contributed by atoms with Crippen molar-refractivity contribution >= 4 is 45.5 Å². The van der Waals surface area contributed by atoms with Crippen molar-refractivity contribution in [1.29, 1.82) is 0 Å². The molecule has 1 aliphatic heterocycles. The number of anilines is 2. The molecule has 3 rings (SSSR count). The van der Waals surface area contributed by atoms with Crippen molar-refractivity contribution in [1.82, 2.24) is 0 Å². The Hall–Kier alpha value is -2.18. The molecule has 6 heteroatoms. The monoisotopic (exact) mass is 400 g/mol. The molecule has 0 bridgehead atoms. The van der Waals surface area contributed by atoms with Crippen LogP contribution < -0.4 is 10.6 Å². The Balaban J connectivity index is 1.73. The number of hydrogen-bond donors (Lipinski definition) is 2. The molecule has 27 heavy (non-hydrogen) atoms. The number of para-hydroxylation sites is 1. The van der Waals surface area contributed by atoms with Gasteiger partial charge in [0.2, 0.25) is 5.91 Å². The fourth-order valence-electron chi connectivity index (χ4n) is 2.96. The van der Waals surface area contributed by atoms with Gasteiger partial charge >= 0.3 is 0 Å². The van der Waals surface area contributed by atoms with E-state index in [0.29, 0.717) is 18.8 Å². The second-order valence-electron chi connectivity index (χ2n) is 6.37. The smallest absolute Gasteiger partial charge is 0.238 e. The minimum atomic E-state index is -0.208. The maximum Gasteiger partial charge on any atom is 0.238 e. The van der Waals surface area contributed by atoms with Crippen LogP contribution >= 0.6 is 23.1 Å². The van der Waals surface area contributed by atoms with E-state index in [9.17, 15) is 4.79 Å². The van der Waals surface area contributed by atoms with Gasteiger partial charge in [0.1, 0.15) is 10.8 Å². The summed E-state index contributed by atoms with van der Waals surface area (Å²) in [4.78, 5) is 14.7. The van der Waals surface area contributed by atoms with Crippen molar-refractivity contribution in [2.24, 2.45) is 0 Å². The van der Waals surface area contributed by atoms with E-state index < -0.39 is 0 Å². The second kappa shape index (κ2) is 8.23. The lowest BCUT2D eigenvalue weighted by atomic mass is 10.1. The predicted molar refractivity (Wildman–Crippen MR) is 117 cm³/mol. The summed E-state index contributed by atoms with van der Waals surface area (Å²) in [5.41, 5.74) is 3.83. The number of nitrogens with one attached hydrogen (secondary N) is 2. The fraction of sp³-hybridized carbons (Fsp3) is 0.286. The van der Waals surface area contributed by atoms with Crippen LogP contribution in [0.2, 0.25) is 0 Å². The summed E-state index contributed by atoms with van der Waals surface area (Å²) >= 11 is 3.23. The van der Waals surface area contributed by atoms with Gasteiger partial charge in [-0.15, -0.1) is 23.1 Å². The molecule has 0 saturated heterocycles. The molecule has 1 amide bonds. The highest BCUT2D eigenvalue weighted by molar-refractivity contribution is 8.01. The van der Waals surface area contributed by atoms with E-state index in [1.807, 2.05) is 31.2 Å². The van der Waals surface area contributed by atoms with E-state index in [4.69, 9.17) is 4.74 Å². The molecule has 0 fully saturated rings. The Kier molecular flexibility index (Phi) is 5.97. The van der Waals surface area contributed by atoms with Gasteiger partial charge in [-0.25, -0.2) is 0 Å². The minimum absolute atomic E-state index is 0.0131. The van der Waals surface area contributed by atoms with Gasteiger partial charge in [0.25, 0.3) is 0 Å². The number of aryl methyl sites for hydroxylation is 1.